The van der Waals surface area contributed by atoms with Gasteiger partial charge in [0.1, 0.15) is 10.7 Å². The fourth-order valence-electron chi connectivity index (χ4n) is 2.86. The molecule has 0 saturated carbocycles. The van der Waals surface area contributed by atoms with Crippen LogP contribution in [0.3, 0.4) is 0 Å². The summed E-state index contributed by atoms with van der Waals surface area (Å²) in [6.45, 7) is 4.90. The van der Waals surface area contributed by atoms with Crippen molar-refractivity contribution >= 4 is 9.84 Å². The number of hydrogen-bond acceptors (Lipinski definition) is 4. The fraction of sp³-hybridized carbons (Fsp3) is 0.333. The van der Waals surface area contributed by atoms with E-state index in [1.807, 2.05) is 24.3 Å². The van der Waals surface area contributed by atoms with Crippen molar-refractivity contribution in [1.82, 2.24) is 10.2 Å². The van der Waals surface area contributed by atoms with Crippen LogP contribution in [0, 0.1) is 5.82 Å². The van der Waals surface area contributed by atoms with Gasteiger partial charge in [0.2, 0.25) is 0 Å². The predicted octanol–water partition coefficient (Wildman–Crippen LogP) is 2.20. The van der Waals surface area contributed by atoms with Gasteiger partial charge in [0.25, 0.3) is 0 Å². The van der Waals surface area contributed by atoms with Crippen LogP contribution >= 0.6 is 0 Å². The van der Waals surface area contributed by atoms with Crippen molar-refractivity contribution < 1.29 is 12.8 Å². The molecule has 128 valence electrons. The summed E-state index contributed by atoms with van der Waals surface area (Å²) in [6, 6.07) is 13.0. The number of nitrogens with zero attached hydrogens (tertiary/aromatic N) is 1. The highest BCUT2D eigenvalue weighted by molar-refractivity contribution is 7.90. The van der Waals surface area contributed by atoms with Crippen LogP contribution in [0.15, 0.2) is 53.4 Å². The highest BCUT2D eigenvalue weighted by Crippen LogP contribution is 2.20. The SMILES string of the molecule is O=S(=O)(Cc1ccc(CN2CCNCC2)cc1)c1ccccc1F. The number of benzene rings is 2. The van der Waals surface area contributed by atoms with Gasteiger partial charge in [-0.1, -0.05) is 36.4 Å². The molecule has 0 aliphatic carbocycles. The molecule has 1 N–H and O–H groups in total. The van der Waals surface area contributed by atoms with Gasteiger partial charge in [-0.05, 0) is 23.3 Å². The van der Waals surface area contributed by atoms with E-state index in [4.69, 9.17) is 0 Å². The van der Waals surface area contributed by atoms with E-state index >= 15 is 0 Å². The van der Waals surface area contributed by atoms with Gasteiger partial charge in [0.05, 0.1) is 5.75 Å². The first-order chi connectivity index (χ1) is 11.5. The maximum atomic E-state index is 13.7. The molecule has 1 aliphatic rings. The van der Waals surface area contributed by atoms with Gasteiger partial charge < -0.3 is 5.32 Å². The van der Waals surface area contributed by atoms with E-state index in [2.05, 4.69) is 10.2 Å². The summed E-state index contributed by atoms with van der Waals surface area (Å²) in [5.74, 6) is -0.894. The molecule has 0 unspecified atom stereocenters. The molecule has 24 heavy (non-hydrogen) atoms. The molecule has 2 aromatic carbocycles. The van der Waals surface area contributed by atoms with E-state index in [9.17, 15) is 12.8 Å². The van der Waals surface area contributed by atoms with Crippen LogP contribution in [0.1, 0.15) is 11.1 Å². The van der Waals surface area contributed by atoms with Crippen molar-refractivity contribution in [1.29, 1.82) is 0 Å². The molecule has 0 amide bonds. The van der Waals surface area contributed by atoms with E-state index in [0.29, 0.717) is 5.56 Å². The third kappa shape index (κ3) is 4.20. The summed E-state index contributed by atoms with van der Waals surface area (Å²) in [5.41, 5.74) is 1.83. The van der Waals surface area contributed by atoms with Crippen LogP contribution in [-0.2, 0) is 22.1 Å². The Balaban J connectivity index is 1.68. The lowest BCUT2D eigenvalue weighted by molar-refractivity contribution is 0.233. The Morgan fingerprint density at radius 1 is 0.958 bits per heavy atom. The zero-order valence-corrected chi connectivity index (χ0v) is 14.2. The normalized spacial score (nSPS) is 16.2. The van der Waals surface area contributed by atoms with Crippen molar-refractivity contribution in [3.8, 4) is 0 Å². The molecule has 2 aromatic rings. The minimum absolute atomic E-state index is 0.193. The van der Waals surface area contributed by atoms with Crippen LogP contribution in [0.25, 0.3) is 0 Å². The molecule has 6 heteroatoms. The topological polar surface area (TPSA) is 49.4 Å². The average molecular weight is 348 g/mol. The summed E-state index contributed by atoms with van der Waals surface area (Å²) < 4.78 is 38.5. The lowest BCUT2D eigenvalue weighted by Crippen LogP contribution is -2.42. The lowest BCUT2D eigenvalue weighted by Gasteiger charge is -2.27. The van der Waals surface area contributed by atoms with Gasteiger partial charge in [-0.25, -0.2) is 12.8 Å². The summed E-state index contributed by atoms with van der Waals surface area (Å²) in [6.07, 6.45) is 0. The van der Waals surface area contributed by atoms with Crippen molar-refractivity contribution in [2.75, 3.05) is 26.2 Å². The lowest BCUT2D eigenvalue weighted by atomic mass is 10.1. The molecule has 3 rings (SSSR count). The highest BCUT2D eigenvalue weighted by atomic mass is 32.2. The quantitative estimate of drug-likeness (QED) is 0.900. The van der Waals surface area contributed by atoms with Crippen LogP contribution in [0.4, 0.5) is 4.39 Å². The molecule has 0 bridgehead atoms. The average Bonchev–Trinajstić information content (AvgIpc) is 2.58. The predicted molar refractivity (Wildman–Crippen MR) is 91.9 cm³/mol. The molecule has 1 fully saturated rings. The molecule has 0 atom stereocenters. The summed E-state index contributed by atoms with van der Waals surface area (Å²) in [5, 5.41) is 3.32. The van der Waals surface area contributed by atoms with Gasteiger partial charge in [-0.2, -0.15) is 0 Å². The molecule has 0 aromatic heterocycles. The first-order valence-electron chi connectivity index (χ1n) is 8.03. The van der Waals surface area contributed by atoms with Crippen molar-refractivity contribution in [3.63, 3.8) is 0 Å². The monoisotopic (exact) mass is 348 g/mol. The molecule has 4 nitrogen and oxygen atoms in total. The van der Waals surface area contributed by atoms with E-state index in [-0.39, 0.29) is 10.6 Å². The zero-order chi connectivity index (χ0) is 17.0. The van der Waals surface area contributed by atoms with Crippen molar-refractivity contribution in [3.05, 3.63) is 65.5 Å². The maximum absolute atomic E-state index is 13.7. The standard InChI is InChI=1S/C18H21FN2O2S/c19-17-3-1-2-4-18(17)24(22,23)14-16-7-5-15(6-8-16)13-21-11-9-20-10-12-21/h1-8,20H,9-14H2. The summed E-state index contributed by atoms with van der Waals surface area (Å²) in [4.78, 5) is 2.12. The minimum atomic E-state index is -3.68. The maximum Gasteiger partial charge on any atom is 0.185 e. The highest BCUT2D eigenvalue weighted by Gasteiger charge is 2.19. The zero-order valence-electron chi connectivity index (χ0n) is 13.4. The fourth-order valence-corrected chi connectivity index (χ4v) is 4.30. The van der Waals surface area contributed by atoms with Crippen LogP contribution < -0.4 is 5.32 Å². The number of piperazine rings is 1. The summed E-state index contributed by atoms with van der Waals surface area (Å²) >= 11 is 0. The Labute approximate surface area is 142 Å². The number of hydrogen-bond donors (Lipinski definition) is 1. The number of nitrogens with one attached hydrogen (secondary N) is 1. The largest absolute Gasteiger partial charge is 0.314 e. The Kier molecular flexibility index (Phi) is 5.28. The van der Waals surface area contributed by atoms with Crippen molar-refractivity contribution in [2.24, 2.45) is 0 Å². The number of rotatable bonds is 5. The van der Waals surface area contributed by atoms with Gasteiger partial charge in [0.15, 0.2) is 9.84 Å². The number of sulfone groups is 1. The first kappa shape index (κ1) is 17.1. The van der Waals surface area contributed by atoms with Crippen molar-refractivity contribution in [2.45, 2.75) is 17.2 Å². The molecule has 0 radical (unpaired) electrons. The smallest absolute Gasteiger partial charge is 0.185 e. The second-order valence-corrected chi connectivity index (χ2v) is 7.99. The summed E-state index contributed by atoms with van der Waals surface area (Å²) in [7, 11) is -3.68. The van der Waals surface area contributed by atoms with Crippen LogP contribution in [-0.4, -0.2) is 39.5 Å². The van der Waals surface area contributed by atoms with E-state index in [1.165, 1.54) is 24.3 Å². The number of halogens is 1. The first-order valence-corrected chi connectivity index (χ1v) is 9.68. The third-order valence-corrected chi connectivity index (χ3v) is 5.88. The molecule has 1 heterocycles. The van der Waals surface area contributed by atoms with Gasteiger partial charge >= 0.3 is 0 Å². The van der Waals surface area contributed by atoms with E-state index in [0.717, 1.165) is 38.3 Å². The van der Waals surface area contributed by atoms with Gasteiger partial charge in [0, 0.05) is 32.7 Å². The van der Waals surface area contributed by atoms with E-state index in [1.54, 1.807) is 0 Å². The molecular formula is C18H21FN2O2S. The Morgan fingerprint density at radius 3 is 2.25 bits per heavy atom. The minimum Gasteiger partial charge on any atom is -0.314 e. The Bertz CT molecular complexity index is 785. The van der Waals surface area contributed by atoms with E-state index < -0.39 is 15.7 Å². The Morgan fingerprint density at radius 2 is 1.58 bits per heavy atom. The van der Waals surface area contributed by atoms with Gasteiger partial charge in [-0.3, -0.25) is 4.90 Å². The van der Waals surface area contributed by atoms with Crippen LogP contribution in [0.5, 0.6) is 0 Å². The molecular weight excluding hydrogens is 327 g/mol. The molecule has 1 saturated heterocycles. The molecule has 1 aliphatic heterocycles. The second kappa shape index (κ2) is 7.42. The molecule has 0 spiro atoms. The van der Waals surface area contributed by atoms with Gasteiger partial charge in [-0.15, -0.1) is 0 Å². The van der Waals surface area contributed by atoms with Crippen LogP contribution in [0.2, 0.25) is 0 Å². The third-order valence-electron chi connectivity index (χ3n) is 4.17. The second-order valence-electron chi connectivity index (χ2n) is 6.03. The Hall–Kier alpha value is -1.76.